The third kappa shape index (κ3) is 3.51. The molecule has 9 heteroatoms. The molecule has 0 bridgehead atoms. The molecule has 0 unspecified atom stereocenters. The molecule has 0 atom stereocenters. The summed E-state index contributed by atoms with van der Waals surface area (Å²) in [5.41, 5.74) is -0.950. The molecule has 0 saturated carbocycles. The normalized spacial score (nSPS) is 10.3. The van der Waals surface area contributed by atoms with E-state index < -0.39 is 34.6 Å². The van der Waals surface area contributed by atoms with Gasteiger partial charge in [-0.3, -0.25) is 24.3 Å². The van der Waals surface area contributed by atoms with Gasteiger partial charge >= 0.3 is 0 Å². The fourth-order valence-corrected chi connectivity index (χ4v) is 1.68. The molecule has 1 N–H and O–H groups in total. The van der Waals surface area contributed by atoms with Crippen molar-refractivity contribution in [2.75, 3.05) is 5.32 Å². The van der Waals surface area contributed by atoms with Crippen LogP contribution in [0, 0.1) is 21.7 Å². The first kappa shape index (κ1) is 15.3. The molecule has 0 aliphatic carbocycles. The maximum absolute atomic E-state index is 13.0. The topological polar surface area (TPSA) is 94.2 Å². The molecule has 1 amide bonds. The van der Waals surface area contributed by atoms with Crippen LogP contribution in [-0.2, 0) is 11.3 Å². The van der Waals surface area contributed by atoms with E-state index >= 15 is 0 Å². The number of nitro groups is 1. The van der Waals surface area contributed by atoms with E-state index in [9.17, 15) is 28.5 Å². The second-order valence-corrected chi connectivity index (χ2v) is 4.29. The van der Waals surface area contributed by atoms with Crippen LogP contribution in [-0.4, -0.2) is 15.4 Å². The van der Waals surface area contributed by atoms with Crippen LogP contribution in [0.25, 0.3) is 0 Å². The summed E-state index contributed by atoms with van der Waals surface area (Å²) < 4.78 is 26.6. The zero-order valence-electron chi connectivity index (χ0n) is 11.0. The number of carbonyl (C=O) groups is 1. The SMILES string of the molecule is O=C(Cn1cc([N+](=O)[O-])ccc1=O)Nc1ccc(F)c(F)c1. The summed E-state index contributed by atoms with van der Waals surface area (Å²) >= 11 is 0. The van der Waals surface area contributed by atoms with E-state index in [1.807, 2.05) is 0 Å². The Balaban J connectivity index is 2.15. The summed E-state index contributed by atoms with van der Waals surface area (Å²) in [6.07, 6.45) is 0.924. The Morgan fingerprint density at radius 3 is 2.59 bits per heavy atom. The maximum atomic E-state index is 13.0. The summed E-state index contributed by atoms with van der Waals surface area (Å²) in [6.45, 7) is -0.500. The van der Waals surface area contributed by atoms with Crippen LogP contribution in [0.4, 0.5) is 20.2 Å². The van der Waals surface area contributed by atoms with Crippen molar-refractivity contribution in [1.82, 2.24) is 4.57 Å². The van der Waals surface area contributed by atoms with Crippen LogP contribution >= 0.6 is 0 Å². The van der Waals surface area contributed by atoms with E-state index in [1.54, 1.807) is 0 Å². The van der Waals surface area contributed by atoms with Gasteiger partial charge in [0.2, 0.25) is 5.91 Å². The summed E-state index contributed by atoms with van der Waals surface area (Å²) in [5.74, 6) is -2.91. The van der Waals surface area contributed by atoms with Crippen LogP contribution in [0.2, 0.25) is 0 Å². The number of hydrogen-bond acceptors (Lipinski definition) is 4. The van der Waals surface area contributed by atoms with Crippen molar-refractivity contribution in [2.45, 2.75) is 6.54 Å². The fourth-order valence-electron chi connectivity index (χ4n) is 1.68. The van der Waals surface area contributed by atoms with Crippen LogP contribution in [0.15, 0.2) is 41.3 Å². The first-order chi connectivity index (χ1) is 10.4. The van der Waals surface area contributed by atoms with E-state index in [1.165, 1.54) is 0 Å². The lowest BCUT2D eigenvalue weighted by Crippen LogP contribution is -2.27. The number of halogens is 2. The molecule has 2 aromatic rings. The van der Waals surface area contributed by atoms with Crippen LogP contribution in [0.1, 0.15) is 0 Å². The number of carbonyl (C=O) groups excluding carboxylic acids is 1. The lowest BCUT2D eigenvalue weighted by Gasteiger charge is -2.07. The lowest BCUT2D eigenvalue weighted by molar-refractivity contribution is -0.385. The van der Waals surface area contributed by atoms with Gasteiger partial charge in [0.25, 0.3) is 11.2 Å². The van der Waals surface area contributed by atoms with Gasteiger partial charge in [0.1, 0.15) is 6.54 Å². The fraction of sp³-hybridized carbons (Fsp3) is 0.0769. The first-order valence-electron chi connectivity index (χ1n) is 5.96. The predicted octanol–water partition coefficient (Wildman–Crippen LogP) is 1.67. The Morgan fingerprint density at radius 1 is 1.23 bits per heavy atom. The number of aromatic nitrogens is 1. The predicted molar refractivity (Wildman–Crippen MR) is 72.3 cm³/mol. The molecule has 0 aliphatic rings. The number of anilines is 1. The first-order valence-corrected chi connectivity index (χ1v) is 5.96. The van der Waals surface area contributed by atoms with Crippen LogP contribution in [0.3, 0.4) is 0 Å². The standard InChI is InChI=1S/C13H9F2N3O4/c14-10-3-1-8(5-11(10)15)16-12(19)7-17-6-9(18(21)22)2-4-13(17)20/h1-6H,7H2,(H,16,19). The van der Waals surface area contributed by atoms with Crippen molar-refractivity contribution >= 4 is 17.3 Å². The molecule has 1 aromatic carbocycles. The Labute approximate surface area is 122 Å². The largest absolute Gasteiger partial charge is 0.324 e. The van der Waals surface area contributed by atoms with Gasteiger partial charge in [0.15, 0.2) is 11.6 Å². The number of nitrogens with zero attached hydrogens (tertiary/aromatic N) is 2. The van der Waals surface area contributed by atoms with Gasteiger partial charge in [-0.25, -0.2) is 8.78 Å². The quantitative estimate of drug-likeness (QED) is 0.686. The van der Waals surface area contributed by atoms with E-state index in [0.29, 0.717) is 0 Å². The molecule has 0 spiro atoms. The highest BCUT2D eigenvalue weighted by molar-refractivity contribution is 5.90. The minimum Gasteiger partial charge on any atom is -0.324 e. The number of amides is 1. The zero-order chi connectivity index (χ0) is 16.3. The second-order valence-electron chi connectivity index (χ2n) is 4.29. The van der Waals surface area contributed by atoms with E-state index in [2.05, 4.69) is 5.32 Å². The van der Waals surface area contributed by atoms with Crippen molar-refractivity contribution in [3.05, 3.63) is 68.6 Å². The molecule has 0 aliphatic heterocycles. The van der Waals surface area contributed by atoms with Crippen LogP contribution in [0.5, 0.6) is 0 Å². The van der Waals surface area contributed by atoms with Gasteiger partial charge in [0, 0.05) is 23.9 Å². The number of nitrogens with one attached hydrogen (secondary N) is 1. The highest BCUT2D eigenvalue weighted by Crippen LogP contribution is 2.13. The zero-order valence-corrected chi connectivity index (χ0v) is 11.0. The average Bonchev–Trinajstić information content (AvgIpc) is 2.45. The number of rotatable bonds is 4. The third-order valence-electron chi connectivity index (χ3n) is 2.70. The highest BCUT2D eigenvalue weighted by atomic mass is 19.2. The number of pyridine rings is 1. The molecule has 0 radical (unpaired) electrons. The second kappa shape index (κ2) is 6.12. The van der Waals surface area contributed by atoms with Crippen molar-refractivity contribution < 1.29 is 18.5 Å². The molecular weight excluding hydrogens is 300 g/mol. The van der Waals surface area contributed by atoms with E-state index in [0.717, 1.165) is 41.1 Å². The smallest absolute Gasteiger partial charge is 0.285 e. The van der Waals surface area contributed by atoms with Crippen molar-refractivity contribution in [2.24, 2.45) is 0 Å². The summed E-state index contributed by atoms with van der Waals surface area (Å²) in [5, 5.41) is 12.9. The summed E-state index contributed by atoms with van der Waals surface area (Å²) in [6, 6.07) is 4.75. The van der Waals surface area contributed by atoms with E-state index in [4.69, 9.17) is 0 Å². The lowest BCUT2D eigenvalue weighted by atomic mass is 10.3. The summed E-state index contributed by atoms with van der Waals surface area (Å²) in [4.78, 5) is 33.2. The average molecular weight is 309 g/mol. The molecule has 0 fully saturated rings. The van der Waals surface area contributed by atoms with Gasteiger partial charge in [-0.1, -0.05) is 0 Å². The molecule has 114 valence electrons. The van der Waals surface area contributed by atoms with E-state index in [-0.39, 0.29) is 11.4 Å². The van der Waals surface area contributed by atoms with Gasteiger partial charge in [-0.05, 0) is 12.1 Å². The van der Waals surface area contributed by atoms with Crippen molar-refractivity contribution in [3.8, 4) is 0 Å². The Morgan fingerprint density at radius 2 is 1.95 bits per heavy atom. The minimum atomic E-state index is -1.13. The Hall–Kier alpha value is -3.10. The molecular formula is C13H9F2N3O4. The summed E-state index contributed by atoms with van der Waals surface area (Å²) in [7, 11) is 0. The molecule has 22 heavy (non-hydrogen) atoms. The van der Waals surface area contributed by atoms with Crippen molar-refractivity contribution in [1.29, 1.82) is 0 Å². The van der Waals surface area contributed by atoms with Crippen molar-refractivity contribution in [3.63, 3.8) is 0 Å². The minimum absolute atomic E-state index is 0.00220. The van der Waals surface area contributed by atoms with Gasteiger partial charge in [0.05, 0.1) is 11.1 Å². The molecule has 2 rings (SSSR count). The Kier molecular flexibility index (Phi) is 4.25. The number of hydrogen-bond donors (Lipinski definition) is 1. The van der Waals surface area contributed by atoms with Gasteiger partial charge in [-0.2, -0.15) is 0 Å². The molecule has 7 nitrogen and oxygen atoms in total. The monoisotopic (exact) mass is 309 g/mol. The number of benzene rings is 1. The highest BCUT2D eigenvalue weighted by Gasteiger charge is 2.11. The van der Waals surface area contributed by atoms with Gasteiger partial charge < -0.3 is 5.32 Å². The van der Waals surface area contributed by atoms with Gasteiger partial charge in [-0.15, -0.1) is 0 Å². The Bertz CT molecular complexity index is 804. The molecule has 0 saturated heterocycles. The molecule has 1 aromatic heterocycles. The maximum Gasteiger partial charge on any atom is 0.285 e. The van der Waals surface area contributed by atoms with Crippen LogP contribution < -0.4 is 10.9 Å². The molecule has 1 heterocycles. The third-order valence-corrected chi connectivity index (χ3v) is 2.70.